The van der Waals surface area contributed by atoms with Crippen LogP contribution in [-0.2, 0) is 13.1 Å². The molecule has 0 aromatic heterocycles. The average molecular weight is 284 g/mol. The van der Waals surface area contributed by atoms with Crippen LogP contribution in [0.1, 0.15) is 11.1 Å². The lowest BCUT2D eigenvalue weighted by Gasteiger charge is -2.08. The smallest absolute Gasteiger partial charge is 0.123 e. The van der Waals surface area contributed by atoms with Gasteiger partial charge in [0.05, 0.1) is 0 Å². The van der Waals surface area contributed by atoms with Gasteiger partial charge in [0.1, 0.15) is 5.82 Å². The molecule has 0 saturated heterocycles. The van der Waals surface area contributed by atoms with Gasteiger partial charge in [0, 0.05) is 28.7 Å². The summed E-state index contributed by atoms with van der Waals surface area (Å²) < 4.78 is 13.0. The molecule has 0 heterocycles. The Hall–Kier alpha value is -1.09. The lowest BCUT2D eigenvalue weighted by molar-refractivity contribution is 0.620. The molecule has 2 rings (SSSR count). The average Bonchev–Trinajstić information content (AvgIpc) is 2.33. The molecule has 0 spiro atoms. The summed E-state index contributed by atoms with van der Waals surface area (Å²) >= 11 is 12.1. The highest BCUT2D eigenvalue weighted by Crippen LogP contribution is 2.23. The summed E-state index contributed by atoms with van der Waals surface area (Å²) in [4.78, 5) is 0. The maximum atomic E-state index is 13.0. The molecule has 94 valence electrons. The van der Waals surface area contributed by atoms with E-state index in [1.807, 2.05) is 6.07 Å². The number of halogens is 3. The molecule has 0 amide bonds. The van der Waals surface area contributed by atoms with Crippen molar-refractivity contribution in [3.63, 3.8) is 0 Å². The third kappa shape index (κ3) is 3.45. The second-order valence-electron chi connectivity index (χ2n) is 3.93. The van der Waals surface area contributed by atoms with Crippen LogP contribution in [-0.4, -0.2) is 0 Å². The number of hydrogen-bond acceptors (Lipinski definition) is 1. The van der Waals surface area contributed by atoms with Crippen molar-refractivity contribution in [1.29, 1.82) is 0 Å². The van der Waals surface area contributed by atoms with Gasteiger partial charge >= 0.3 is 0 Å². The monoisotopic (exact) mass is 283 g/mol. The highest BCUT2D eigenvalue weighted by atomic mass is 35.5. The molecular weight excluding hydrogens is 272 g/mol. The van der Waals surface area contributed by atoms with Gasteiger partial charge in [-0.3, -0.25) is 0 Å². The lowest BCUT2D eigenvalue weighted by Crippen LogP contribution is -2.13. The van der Waals surface area contributed by atoms with Crippen molar-refractivity contribution in [2.75, 3.05) is 0 Å². The fourth-order valence-electron chi connectivity index (χ4n) is 1.68. The molecule has 18 heavy (non-hydrogen) atoms. The first-order valence-corrected chi connectivity index (χ1v) is 6.30. The molecule has 0 saturated carbocycles. The van der Waals surface area contributed by atoms with E-state index in [0.717, 1.165) is 11.1 Å². The number of rotatable bonds is 4. The van der Waals surface area contributed by atoms with Crippen LogP contribution in [0.5, 0.6) is 0 Å². The largest absolute Gasteiger partial charge is 0.309 e. The molecule has 4 heteroatoms. The number of nitrogens with one attached hydrogen (secondary N) is 1. The van der Waals surface area contributed by atoms with E-state index in [9.17, 15) is 4.39 Å². The first kappa shape index (κ1) is 13.3. The van der Waals surface area contributed by atoms with Crippen LogP contribution in [0.4, 0.5) is 4.39 Å². The van der Waals surface area contributed by atoms with Gasteiger partial charge in [-0.15, -0.1) is 0 Å². The Morgan fingerprint density at radius 2 is 1.61 bits per heavy atom. The Labute approximate surface area is 116 Å². The molecule has 0 fully saturated rings. The lowest BCUT2D eigenvalue weighted by atomic mass is 10.2. The first-order chi connectivity index (χ1) is 8.66. The van der Waals surface area contributed by atoms with E-state index in [2.05, 4.69) is 5.32 Å². The van der Waals surface area contributed by atoms with E-state index in [1.165, 1.54) is 12.1 Å². The van der Waals surface area contributed by atoms with Crippen LogP contribution in [0.3, 0.4) is 0 Å². The highest BCUT2D eigenvalue weighted by molar-refractivity contribution is 6.35. The Bertz CT molecular complexity index is 523. The van der Waals surface area contributed by atoms with Crippen molar-refractivity contribution in [3.8, 4) is 0 Å². The third-order valence-corrected chi connectivity index (χ3v) is 3.29. The molecule has 0 aliphatic heterocycles. The molecule has 1 N–H and O–H groups in total. The minimum atomic E-state index is -0.231. The van der Waals surface area contributed by atoms with Crippen LogP contribution < -0.4 is 5.32 Å². The summed E-state index contributed by atoms with van der Waals surface area (Å²) in [5.74, 6) is -0.231. The van der Waals surface area contributed by atoms with E-state index in [0.29, 0.717) is 23.1 Å². The molecule has 0 atom stereocenters. The van der Waals surface area contributed by atoms with Gasteiger partial charge < -0.3 is 5.32 Å². The first-order valence-electron chi connectivity index (χ1n) is 5.55. The molecule has 0 unspecified atom stereocenters. The Morgan fingerprint density at radius 3 is 2.28 bits per heavy atom. The quantitative estimate of drug-likeness (QED) is 0.876. The van der Waals surface area contributed by atoms with Gasteiger partial charge in [0.25, 0.3) is 0 Å². The minimum absolute atomic E-state index is 0.231. The van der Waals surface area contributed by atoms with Crippen LogP contribution in [0.2, 0.25) is 10.0 Å². The minimum Gasteiger partial charge on any atom is -0.309 e. The van der Waals surface area contributed by atoms with E-state index in [1.54, 1.807) is 24.3 Å². The predicted octanol–water partition coefficient (Wildman–Crippen LogP) is 4.42. The number of benzene rings is 2. The van der Waals surface area contributed by atoms with E-state index in [-0.39, 0.29) is 5.82 Å². The van der Waals surface area contributed by atoms with Crippen molar-refractivity contribution >= 4 is 23.2 Å². The van der Waals surface area contributed by atoms with Crippen LogP contribution in [0.25, 0.3) is 0 Å². The van der Waals surface area contributed by atoms with Crippen molar-refractivity contribution in [2.45, 2.75) is 13.1 Å². The second kappa shape index (κ2) is 6.19. The summed E-state index contributed by atoms with van der Waals surface area (Å²) in [5, 5.41) is 4.46. The molecule has 0 aliphatic rings. The van der Waals surface area contributed by atoms with Gasteiger partial charge in [-0.25, -0.2) is 4.39 Å². The van der Waals surface area contributed by atoms with Crippen molar-refractivity contribution in [1.82, 2.24) is 5.32 Å². The SMILES string of the molecule is Fc1cccc(CNCc2c(Cl)cccc2Cl)c1. The van der Waals surface area contributed by atoms with Crippen LogP contribution >= 0.6 is 23.2 Å². The maximum Gasteiger partial charge on any atom is 0.123 e. The molecule has 1 nitrogen and oxygen atoms in total. The Kier molecular flexibility index (Phi) is 4.59. The summed E-state index contributed by atoms with van der Waals surface area (Å²) in [6.07, 6.45) is 0. The topological polar surface area (TPSA) is 12.0 Å². The summed E-state index contributed by atoms with van der Waals surface area (Å²) in [5.41, 5.74) is 1.75. The Balaban J connectivity index is 1.97. The van der Waals surface area contributed by atoms with E-state index < -0.39 is 0 Å². The predicted molar refractivity (Wildman–Crippen MR) is 73.4 cm³/mol. The molecule has 0 bridgehead atoms. The van der Waals surface area contributed by atoms with Crippen LogP contribution in [0, 0.1) is 5.82 Å². The van der Waals surface area contributed by atoms with Gasteiger partial charge in [-0.2, -0.15) is 0 Å². The highest BCUT2D eigenvalue weighted by Gasteiger charge is 2.04. The third-order valence-electron chi connectivity index (χ3n) is 2.58. The maximum absolute atomic E-state index is 13.0. The Morgan fingerprint density at radius 1 is 0.944 bits per heavy atom. The summed E-state index contributed by atoms with van der Waals surface area (Å²) in [6, 6.07) is 11.9. The molecular formula is C14H12Cl2FN. The standard InChI is InChI=1S/C14H12Cl2FN/c15-13-5-2-6-14(16)12(13)9-18-8-10-3-1-4-11(17)7-10/h1-7,18H,8-9H2. The fourth-order valence-corrected chi connectivity index (χ4v) is 2.21. The summed E-state index contributed by atoms with van der Waals surface area (Å²) in [6.45, 7) is 1.12. The van der Waals surface area contributed by atoms with Gasteiger partial charge in [-0.1, -0.05) is 41.4 Å². The zero-order valence-electron chi connectivity index (χ0n) is 9.59. The fraction of sp³-hybridized carbons (Fsp3) is 0.143. The zero-order chi connectivity index (χ0) is 13.0. The van der Waals surface area contributed by atoms with Crippen molar-refractivity contribution in [3.05, 3.63) is 69.5 Å². The van der Waals surface area contributed by atoms with Crippen molar-refractivity contribution in [2.24, 2.45) is 0 Å². The van der Waals surface area contributed by atoms with Gasteiger partial charge in [-0.05, 0) is 29.8 Å². The molecule has 2 aromatic rings. The van der Waals surface area contributed by atoms with E-state index >= 15 is 0 Å². The van der Waals surface area contributed by atoms with Crippen LogP contribution in [0.15, 0.2) is 42.5 Å². The summed E-state index contributed by atoms with van der Waals surface area (Å²) in [7, 11) is 0. The number of hydrogen-bond donors (Lipinski definition) is 1. The molecule has 0 aliphatic carbocycles. The molecule has 0 radical (unpaired) electrons. The zero-order valence-corrected chi connectivity index (χ0v) is 11.1. The normalized spacial score (nSPS) is 10.6. The molecule has 2 aromatic carbocycles. The van der Waals surface area contributed by atoms with Crippen molar-refractivity contribution < 1.29 is 4.39 Å². The van der Waals surface area contributed by atoms with E-state index in [4.69, 9.17) is 23.2 Å². The van der Waals surface area contributed by atoms with Gasteiger partial charge in [0.2, 0.25) is 0 Å². The second-order valence-corrected chi connectivity index (χ2v) is 4.75. The van der Waals surface area contributed by atoms with Gasteiger partial charge in [0.15, 0.2) is 0 Å².